The van der Waals surface area contributed by atoms with Crippen molar-refractivity contribution in [1.29, 1.82) is 0 Å². The maximum atomic E-state index is 3.55. The van der Waals surface area contributed by atoms with Crippen molar-refractivity contribution in [3.63, 3.8) is 0 Å². The summed E-state index contributed by atoms with van der Waals surface area (Å²) >= 11 is 3.55. The van der Waals surface area contributed by atoms with E-state index in [1.807, 2.05) is 0 Å². The Kier molecular flexibility index (Phi) is 3.97. The summed E-state index contributed by atoms with van der Waals surface area (Å²) in [6.45, 7) is 4.31. The Bertz CT molecular complexity index is 610. The number of rotatable bonds is 1. The van der Waals surface area contributed by atoms with Gasteiger partial charge in [-0.15, -0.1) is 0 Å². The van der Waals surface area contributed by atoms with Crippen LogP contribution in [0.2, 0.25) is 0 Å². The van der Waals surface area contributed by atoms with Crippen LogP contribution in [0.5, 0.6) is 0 Å². The van der Waals surface area contributed by atoms with Gasteiger partial charge in [-0.25, -0.2) is 0 Å². The number of fused-ring (bicyclic) bond motifs is 1. The van der Waals surface area contributed by atoms with Crippen molar-refractivity contribution < 1.29 is 0 Å². The average Bonchev–Trinajstić information content (AvgIpc) is 2.41. The molecule has 0 saturated heterocycles. The second kappa shape index (κ2) is 5.88. The van der Waals surface area contributed by atoms with E-state index in [2.05, 4.69) is 75.5 Å². The molecule has 0 unspecified atom stereocenters. The maximum Gasteiger partial charge on any atom is 0.0646 e. The van der Waals surface area contributed by atoms with Crippen molar-refractivity contribution in [3.8, 4) is 0 Å². The first-order valence-electron chi connectivity index (χ1n) is 7.12. The summed E-state index contributed by atoms with van der Waals surface area (Å²) in [5.41, 5.74) is 5.10. The van der Waals surface area contributed by atoms with Crippen molar-refractivity contribution in [1.82, 2.24) is 0 Å². The van der Waals surface area contributed by atoms with Gasteiger partial charge in [-0.05, 0) is 55.7 Å². The molecule has 2 aromatic rings. The van der Waals surface area contributed by atoms with Gasteiger partial charge in [0.15, 0.2) is 0 Å². The summed E-state index contributed by atoms with van der Waals surface area (Å²) in [6.07, 6.45) is 2.41. The van der Waals surface area contributed by atoms with Crippen LogP contribution in [0.4, 0.5) is 17.1 Å². The lowest BCUT2D eigenvalue weighted by molar-refractivity contribution is 0.746. The summed E-state index contributed by atoms with van der Waals surface area (Å²) in [4.78, 5) is 2.43. The quantitative estimate of drug-likeness (QED) is 0.782. The Morgan fingerprint density at radius 1 is 1.05 bits per heavy atom. The van der Waals surface area contributed by atoms with Crippen molar-refractivity contribution in [2.24, 2.45) is 0 Å². The van der Waals surface area contributed by atoms with Crippen molar-refractivity contribution in [3.05, 3.63) is 52.5 Å². The largest absolute Gasteiger partial charge is 0.383 e. The molecule has 3 rings (SSSR count). The standard InChI is InChI=1S/C17H19BrN2/c1-13-12-14(18)8-9-16(13)20-11-5-4-10-19-15-6-2-3-7-17(15)20/h2-3,6-9,12,19H,4-5,10-11H2,1H3. The molecule has 3 heteroatoms. The first kappa shape index (κ1) is 13.5. The third-order valence-electron chi connectivity index (χ3n) is 3.77. The second-order valence-electron chi connectivity index (χ2n) is 5.23. The Labute approximate surface area is 128 Å². The molecule has 104 valence electrons. The van der Waals surface area contributed by atoms with Crippen LogP contribution in [0.15, 0.2) is 46.9 Å². The Morgan fingerprint density at radius 3 is 2.75 bits per heavy atom. The fraction of sp³-hybridized carbons (Fsp3) is 0.294. The number of hydrogen-bond donors (Lipinski definition) is 1. The molecule has 0 amide bonds. The molecular weight excluding hydrogens is 312 g/mol. The average molecular weight is 331 g/mol. The highest BCUT2D eigenvalue weighted by Crippen LogP contribution is 2.36. The topological polar surface area (TPSA) is 15.3 Å². The van der Waals surface area contributed by atoms with Gasteiger partial charge in [-0.3, -0.25) is 0 Å². The molecule has 0 bridgehead atoms. The van der Waals surface area contributed by atoms with E-state index in [4.69, 9.17) is 0 Å². The molecule has 1 N–H and O–H groups in total. The Morgan fingerprint density at radius 2 is 1.90 bits per heavy atom. The summed E-state index contributed by atoms with van der Waals surface area (Å²) in [5.74, 6) is 0. The number of anilines is 3. The predicted molar refractivity (Wildman–Crippen MR) is 90.1 cm³/mol. The van der Waals surface area contributed by atoms with Gasteiger partial charge in [0.1, 0.15) is 0 Å². The van der Waals surface area contributed by atoms with Gasteiger partial charge >= 0.3 is 0 Å². The van der Waals surface area contributed by atoms with Crippen LogP contribution in [0.1, 0.15) is 18.4 Å². The maximum absolute atomic E-state index is 3.55. The normalized spacial score (nSPS) is 15.0. The zero-order valence-corrected chi connectivity index (χ0v) is 13.3. The molecule has 0 radical (unpaired) electrons. The van der Waals surface area contributed by atoms with Crippen molar-refractivity contribution >= 4 is 33.0 Å². The number of para-hydroxylation sites is 2. The van der Waals surface area contributed by atoms with E-state index in [1.54, 1.807) is 0 Å². The third-order valence-corrected chi connectivity index (χ3v) is 4.26. The zero-order chi connectivity index (χ0) is 13.9. The van der Waals surface area contributed by atoms with E-state index < -0.39 is 0 Å². The van der Waals surface area contributed by atoms with E-state index in [0.717, 1.165) is 17.6 Å². The molecule has 0 aliphatic carbocycles. The van der Waals surface area contributed by atoms with Crippen LogP contribution in [0, 0.1) is 6.92 Å². The van der Waals surface area contributed by atoms with Crippen molar-refractivity contribution in [2.75, 3.05) is 23.3 Å². The molecule has 0 fully saturated rings. The van der Waals surface area contributed by atoms with Crippen LogP contribution in [0.3, 0.4) is 0 Å². The SMILES string of the molecule is Cc1cc(Br)ccc1N1CCCCNc2ccccc21. The predicted octanol–water partition coefficient (Wildman–Crippen LogP) is 5.10. The van der Waals surface area contributed by atoms with Gasteiger partial charge in [-0.1, -0.05) is 28.1 Å². The van der Waals surface area contributed by atoms with Gasteiger partial charge in [0.05, 0.1) is 11.4 Å². The highest BCUT2D eigenvalue weighted by Gasteiger charge is 2.16. The van der Waals surface area contributed by atoms with E-state index in [9.17, 15) is 0 Å². The van der Waals surface area contributed by atoms with E-state index >= 15 is 0 Å². The van der Waals surface area contributed by atoms with E-state index in [1.165, 1.54) is 35.5 Å². The van der Waals surface area contributed by atoms with Crippen LogP contribution in [0.25, 0.3) is 0 Å². The smallest absolute Gasteiger partial charge is 0.0646 e. The molecular formula is C17H19BrN2. The summed E-state index contributed by atoms with van der Waals surface area (Å²) < 4.78 is 1.14. The highest BCUT2D eigenvalue weighted by atomic mass is 79.9. The van der Waals surface area contributed by atoms with Crippen molar-refractivity contribution in [2.45, 2.75) is 19.8 Å². The van der Waals surface area contributed by atoms with E-state index in [0.29, 0.717) is 0 Å². The lowest BCUT2D eigenvalue weighted by Crippen LogP contribution is -2.23. The van der Waals surface area contributed by atoms with Gasteiger partial charge in [0.2, 0.25) is 0 Å². The van der Waals surface area contributed by atoms with Gasteiger partial charge in [-0.2, -0.15) is 0 Å². The lowest BCUT2D eigenvalue weighted by atomic mass is 10.1. The number of hydrogen-bond acceptors (Lipinski definition) is 2. The number of nitrogens with zero attached hydrogens (tertiary/aromatic N) is 1. The zero-order valence-electron chi connectivity index (χ0n) is 11.7. The Hall–Kier alpha value is -1.48. The highest BCUT2D eigenvalue weighted by molar-refractivity contribution is 9.10. The number of benzene rings is 2. The van der Waals surface area contributed by atoms with Crippen LogP contribution in [-0.4, -0.2) is 13.1 Å². The monoisotopic (exact) mass is 330 g/mol. The summed E-state index contributed by atoms with van der Waals surface area (Å²) in [7, 11) is 0. The van der Waals surface area contributed by atoms with E-state index in [-0.39, 0.29) is 0 Å². The first-order chi connectivity index (χ1) is 9.75. The van der Waals surface area contributed by atoms with Gasteiger partial charge in [0.25, 0.3) is 0 Å². The van der Waals surface area contributed by atoms with Gasteiger partial charge < -0.3 is 10.2 Å². The molecule has 1 aliphatic rings. The van der Waals surface area contributed by atoms with Crippen LogP contribution < -0.4 is 10.2 Å². The molecule has 1 aliphatic heterocycles. The molecule has 0 aromatic heterocycles. The lowest BCUT2D eigenvalue weighted by Gasteiger charge is -2.31. The molecule has 20 heavy (non-hydrogen) atoms. The third kappa shape index (κ3) is 2.68. The molecule has 2 aromatic carbocycles. The van der Waals surface area contributed by atoms with Crippen LogP contribution >= 0.6 is 15.9 Å². The minimum atomic E-state index is 1.06. The number of halogens is 1. The Balaban J connectivity index is 2.08. The molecule has 0 atom stereocenters. The fourth-order valence-electron chi connectivity index (χ4n) is 2.77. The molecule has 1 heterocycles. The fourth-order valence-corrected chi connectivity index (χ4v) is 3.24. The molecule has 2 nitrogen and oxygen atoms in total. The minimum absolute atomic E-state index is 1.06. The first-order valence-corrected chi connectivity index (χ1v) is 7.91. The van der Waals surface area contributed by atoms with Crippen LogP contribution in [-0.2, 0) is 0 Å². The summed E-state index contributed by atoms with van der Waals surface area (Å²) in [5, 5.41) is 3.54. The van der Waals surface area contributed by atoms with Gasteiger partial charge in [0, 0.05) is 23.2 Å². The summed E-state index contributed by atoms with van der Waals surface area (Å²) in [6, 6.07) is 15.1. The molecule has 0 saturated carbocycles. The second-order valence-corrected chi connectivity index (χ2v) is 6.15. The molecule has 0 spiro atoms. The number of nitrogens with one attached hydrogen (secondary N) is 1. The minimum Gasteiger partial charge on any atom is -0.383 e. The number of aryl methyl sites for hydroxylation is 1.